The molecule has 1 amide bonds. The van der Waals surface area contributed by atoms with Gasteiger partial charge in [-0.05, 0) is 12.1 Å². The molecule has 0 heterocycles. The molecule has 6 heteroatoms. The normalized spacial score (nSPS) is 10.0. The first-order valence-electron chi connectivity index (χ1n) is 5.03. The topological polar surface area (TPSA) is 82.8 Å². The highest BCUT2D eigenvalue weighted by molar-refractivity contribution is 5.98. The third-order valence-corrected chi connectivity index (χ3v) is 2.06. The number of ether oxygens (including phenoxy) is 2. The Kier molecular flexibility index (Phi) is 5.25. The molecule has 1 aromatic rings. The van der Waals surface area contributed by atoms with Gasteiger partial charge < -0.3 is 15.2 Å². The van der Waals surface area contributed by atoms with Crippen LogP contribution < -0.4 is 16.0 Å². The second-order valence-electron chi connectivity index (χ2n) is 3.23. The third kappa shape index (κ3) is 3.93. The van der Waals surface area contributed by atoms with E-state index < -0.39 is 5.91 Å². The molecular formula is C11H16N2O4. The largest absolute Gasteiger partial charge is 0.497 e. The Morgan fingerprint density at radius 3 is 2.71 bits per heavy atom. The standard InChI is InChI=1S/C11H16N2O4/c1-15-5-6-17-13-11(14)9-4-3-8(16-2)7-10(9)12/h3-4,7H,5-6,12H2,1-2H3,(H,13,14). The first-order valence-corrected chi connectivity index (χ1v) is 5.03. The average molecular weight is 240 g/mol. The van der Waals surface area contributed by atoms with E-state index >= 15 is 0 Å². The molecule has 0 fully saturated rings. The van der Waals surface area contributed by atoms with Gasteiger partial charge in [-0.2, -0.15) is 0 Å². The van der Waals surface area contributed by atoms with Crippen LogP contribution in [0, 0.1) is 0 Å². The fraction of sp³-hybridized carbons (Fsp3) is 0.364. The van der Waals surface area contributed by atoms with Gasteiger partial charge in [-0.3, -0.25) is 9.63 Å². The predicted octanol–water partition coefficient (Wildman–Crippen LogP) is 0.585. The lowest BCUT2D eigenvalue weighted by Gasteiger charge is -2.08. The van der Waals surface area contributed by atoms with E-state index in [-0.39, 0.29) is 6.61 Å². The zero-order valence-electron chi connectivity index (χ0n) is 9.86. The molecule has 0 spiro atoms. The number of nitrogen functional groups attached to an aromatic ring is 1. The van der Waals surface area contributed by atoms with Gasteiger partial charge in [0, 0.05) is 18.9 Å². The number of nitrogens with one attached hydrogen (secondary N) is 1. The highest BCUT2D eigenvalue weighted by atomic mass is 16.7. The van der Waals surface area contributed by atoms with Crippen molar-refractivity contribution in [3.05, 3.63) is 23.8 Å². The summed E-state index contributed by atoms with van der Waals surface area (Å²) in [7, 11) is 3.08. The van der Waals surface area contributed by atoms with Crippen LogP contribution in [0.25, 0.3) is 0 Å². The maximum absolute atomic E-state index is 11.6. The lowest BCUT2D eigenvalue weighted by molar-refractivity contribution is 0.00894. The highest BCUT2D eigenvalue weighted by Gasteiger charge is 2.10. The molecule has 6 nitrogen and oxygen atoms in total. The molecule has 0 radical (unpaired) electrons. The Labute approximate surface area is 99.6 Å². The van der Waals surface area contributed by atoms with E-state index in [0.29, 0.717) is 23.6 Å². The summed E-state index contributed by atoms with van der Waals surface area (Å²) in [6.45, 7) is 0.677. The number of amides is 1. The monoisotopic (exact) mass is 240 g/mol. The van der Waals surface area contributed by atoms with Crippen LogP contribution in [0.1, 0.15) is 10.4 Å². The number of benzene rings is 1. The zero-order chi connectivity index (χ0) is 12.7. The smallest absolute Gasteiger partial charge is 0.276 e. The van der Waals surface area contributed by atoms with Crippen LogP contribution in [0.3, 0.4) is 0 Å². The number of hydrogen-bond acceptors (Lipinski definition) is 5. The van der Waals surface area contributed by atoms with Gasteiger partial charge in [0.15, 0.2) is 0 Å². The molecule has 0 aliphatic carbocycles. The van der Waals surface area contributed by atoms with Crippen molar-refractivity contribution in [3.63, 3.8) is 0 Å². The van der Waals surface area contributed by atoms with Gasteiger partial charge in [0.1, 0.15) is 5.75 Å². The maximum atomic E-state index is 11.6. The van der Waals surface area contributed by atoms with Crippen LogP contribution >= 0.6 is 0 Å². The molecule has 0 aromatic heterocycles. The predicted molar refractivity (Wildman–Crippen MR) is 62.7 cm³/mol. The molecule has 0 atom stereocenters. The summed E-state index contributed by atoms with van der Waals surface area (Å²) in [5.41, 5.74) is 8.65. The minimum absolute atomic E-state index is 0.276. The van der Waals surface area contributed by atoms with Crippen molar-refractivity contribution in [2.24, 2.45) is 0 Å². The fourth-order valence-corrected chi connectivity index (χ4v) is 1.17. The number of rotatable bonds is 6. The fourth-order valence-electron chi connectivity index (χ4n) is 1.17. The minimum Gasteiger partial charge on any atom is -0.497 e. The highest BCUT2D eigenvalue weighted by Crippen LogP contribution is 2.19. The Hall–Kier alpha value is -1.79. The van der Waals surface area contributed by atoms with E-state index in [2.05, 4.69) is 5.48 Å². The number of carbonyl (C=O) groups is 1. The molecule has 94 valence electrons. The first kappa shape index (κ1) is 13.3. The summed E-state index contributed by atoms with van der Waals surface area (Å²) in [6, 6.07) is 4.80. The molecule has 1 aromatic carbocycles. The first-order chi connectivity index (χ1) is 8.19. The van der Waals surface area contributed by atoms with E-state index in [1.165, 1.54) is 7.11 Å². The summed E-state index contributed by atoms with van der Waals surface area (Å²) in [5, 5.41) is 0. The van der Waals surface area contributed by atoms with Crippen molar-refractivity contribution in [2.45, 2.75) is 0 Å². The molecule has 3 N–H and O–H groups in total. The molecule has 0 saturated carbocycles. The Morgan fingerprint density at radius 1 is 1.35 bits per heavy atom. The third-order valence-electron chi connectivity index (χ3n) is 2.06. The Morgan fingerprint density at radius 2 is 2.12 bits per heavy atom. The quantitative estimate of drug-likeness (QED) is 0.432. The van der Waals surface area contributed by atoms with Gasteiger partial charge >= 0.3 is 0 Å². The van der Waals surface area contributed by atoms with Crippen molar-refractivity contribution in [2.75, 3.05) is 33.2 Å². The molecule has 0 unspecified atom stereocenters. The lowest BCUT2D eigenvalue weighted by atomic mass is 10.1. The molecule has 1 rings (SSSR count). The van der Waals surface area contributed by atoms with E-state index in [0.717, 1.165) is 0 Å². The summed E-state index contributed by atoms with van der Waals surface area (Å²) < 4.78 is 9.75. The summed E-state index contributed by atoms with van der Waals surface area (Å²) >= 11 is 0. The Balaban J connectivity index is 2.57. The van der Waals surface area contributed by atoms with Crippen LogP contribution in [0.2, 0.25) is 0 Å². The maximum Gasteiger partial charge on any atom is 0.276 e. The number of carbonyl (C=O) groups excluding carboxylic acids is 1. The number of anilines is 1. The van der Waals surface area contributed by atoms with Crippen LogP contribution in [-0.2, 0) is 9.57 Å². The number of methoxy groups -OCH3 is 2. The zero-order valence-corrected chi connectivity index (χ0v) is 9.86. The van der Waals surface area contributed by atoms with E-state index in [1.807, 2.05) is 0 Å². The van der Waals surface area contributed by atoms with Crippen LogP contribution in [0.5, 0.6) is 5.75 Å². The van der Waals surface area contributed by atoms with Crippen LogP contribution in [-0.4, -0.2) is 33.3 Å². The van der Waals surface area contributed by atoms with E-state index in [4.69, 9.17) is 20.0 Å². The van der Waals surface area contributed by atoms with Gasteiger partial charge in [-0.25, -0.2) is 5.48 Å². The van der Waals surface area contributed by atoms with Gasteiger partial charge in [0.2, 0.25) is 0 Å². The van der Waals surface area contributed by atoms with Crippen molar-refractivity contribution in [3.8, 4) is 5.75 Å². The van der Waals surface area contributed by atoms with Crippen molar-refractivity contribution in [1.82, 2.24) is 5.48 Å². The van der Waals surface area contributed by atoms with Crippen LogP contribution in [0.4, 0.5) is 5.69 Å². The molecular weight excluding hydrogens is 224 g/mol. The van der Waals surface area contributed by atoms with Crippen molar-refractivity contribution >= 4 is 11.6 Å². The summed E-state index contributed by atoms with van der Waals surface area (Å²) in [5.74, 6) is 0.195. The number of nitrogens with two attached hydrogens (primary N) is 1. The molecule has 17 heavy (non-hydrogen) atoms. The van der Waals surface area contributed by atoms with Gasteiger partial charge in [0.05, 0.1) is 25.9 Å². The Bertz CT molecular complexity index is 382. The minimum atomic E-state index is -0.402. The molecule has 0 saturated heterocycles. The number of hydrogen-bond donors (Lipinski definition) is 2. The lowest BCUT2D eigenvalue weighted by Crippen LogP contribution is -2.26. The van der Waals surface area contributed by atoms with Crippen molar-refractivity contribution < 1.29 is 19.1 Å². The van der Waals surface area contributed by atoms with Gasteiger partial charge in [-0.15, -0.1) is 0 Å². The van der Waals surface area contributed by atoms with E-state index in [1.54, 1.807) is 25.3 Å². The van der Waals surface area contributed by atoms with Gasteiger partial charge in [-0.1, -0.05) is 0 Å². The van der Waals surface area contributed by atoms with Crippen LogP contribution in [0.15, 0.2) is 18.2 Å². The summed E-state index contributed by atoms with van der Waals surface area (Å²) in [4.78, 5) is 16.5. The average Bonchev–Trinajstić information content (AvgIpc) is 2.34. The van der Waals surface area contributed by atoms with Crippen molar-refractivity contribution in [1.29, 1.82) is 0 Å². The molecule has 0 bridgehead atoms. The molecule has 0 aliphatic rings. The second kappa shape index (κ2) is 6.72. The second-order valence-corrected chi connectivity index (χ2v) is 3.23. The SMILES string of the molecule is COCCONC(=O)c1ccc(OC)cc1N. The molecule has 0 aliphatic heterocycles. The van der Waals surface area contributed by atoms with E-state index in [9.17, 15) is 4.79 Å². The summed E-state index contributed by atoms with van der Waals surface area (Å²) in [6.07, 6.45) is 0. The van der Waals surface area contributed by atoms with Gasteiger partial charge in [0.25, 0.3) is 5.91 Å². The number of hydroxylamine groups is 1.